The molecule has 1 aliphatic rings. The molecule has 0 fully saturated rings. The predicted octanol–water partition coefficient (Wildman–Crippen LogP) is 5.89. The number of hydrogen-bond donors (Lipinski definition) is 0. The number of ether oxygens (including phenoxy) is 2. The monoisotopic (exact) mass is 380 g/mol. The van der Waals surface area contributed by atoms with Gasteiger partial charge in [0, 0.05) is 5.56 Å². The molecule has 2 aromatic carbocycles. The lowest BCUT2D eigenvalue weighted by molar-refractivity contribution is -0.137. The van der Waals surface area contributed by atoms with Crippen LogP contribution in [-0.2, 0) is 16.5 Å². The van der Waals surface area contributed by atoms with Crippen molar-refractivity contribution in [3.63, 3.8) is 0 Å². The average molecular weight is 381 g/mol. The Labute approximate surface area is 152 Å². The van der Waals surface area contributed by atoms with Gasteiger partial charge in [-0.05, 0) is 48.6 Å². The number of fused-ring (bicyclic) bond motifs is 1. The van der Waals surface area contributed by atoms with Gasteiger partial charge in [0.2, 0.25) is 0 Å². The van der Waals surface area contributed by atoms with Gasteiger partial charge in [-0.2, -0.15) is 13.2 Å². The maximum atomic E-state index is 12.7. The fourth-order valence-electron chi connectivity index (χ4n) is 2.62. The molecule has 0 atom stereocenters. The molecule has 0 radical (unpaired) electrons. The third kappa shape index (κ3) is 2.97. The van der Waals surface area contributed by atoms with Crippen LogP contribution in [0.3, 0.4) is 0 Å². The number of halogens is 4. The van der Waals surface area contributed by atoms with E-state index in [0.29, 0.717) is 11.1 Å². The summed E-state index contributed by atoms with van der Waals surface area (Å²) in [7, 11) is 0. The lowest BCUT2D eigenvalue weighted by atomic mass is 9.92. The van der Waals surface area contributed by atoms with Crippen LogP contribution >= 0.6 is 11.6 Å². The van der Waals surface area contributed by atoms with Crippen LogP contribution in [0, 0.1) is 0 Å². The van der Waals surface area contributed by atoms with Gasteiger partial charge in [0.1, 0.15) is 11.5 Å². The number of cyclic esters (lactones) is 1. The van der Waals surface area contributed by atoms with Crippen LogP contribution in [0.25, 0.3) is 0 Å². The molecule has 1 heterocycles. The molecule has 134 valence electrons. The highest BCUT2D eigenvalue weighted by atomic mass is 35.5. The van der Waals surface area contributed by atoms with Gasteiger partial charge in [-0.25, -0.2) is 4.79 Å². The molecular weight excluding hydrogens is 369 g/mol. The predicted molar refractivity (Wildman–Crippen MR) is 90.5 cm³/mol. The summed E-state index contributed by atoms with van der Waals surface area (Å²) in [6.45, 7) is 7.33. The van der Waals surface area contributed by atoms with Crippen molar-refractivity contribution in [1.29, 1.82) is 0 Å². The third-order valence-corrected chi connectivity index (χ3v) is 4.28. The van der Waals surface area contributed by atoms with Crippen LogP contribution < -0.4 is 4.74 Å². The Hall–Kier alpha value is -2.73. The van der Waals surface area contributed by atoms with Gasteiger partial charge in [-0.1, -0.05) is 24.8 Å². The number of esters is 1. The second-order valence-electron chi connectivity index (χ2n) is 5.54. The zero-order valence-electron chi connectivity index (χ0n) is 13.3. The molecule has 7 heteroatoms. The quantitative estimate of drug-likeness (QED) is 0.490. The highest BCUT2D eigenvalue weighted by Crippen LogP contribution is 2.42. The van der Waals surface area contributed by atoms with Crippen molar-refractivity contribution >= 4 is 17.6 Å². The molecule has 1 aliphatic heterocycles. The summed E-state index contributed by atoms with van der Waals surface area (Å²) in [6, 6.07) is 7.33. The first kappa shape index (κ1) is 18.1. The second-order valence-corrected chi connectivity index (χ2v) is 5.95. The molecule has 0 unspecified atom stereocenters. The number of rotatable bonds is 4. The molecule has 0 bridgehead atoms. The minimum Gasteiger partial charge on any atom is -0.456 e. The average Bonchev–Trinajstić information content (AvgIpc) is 2.88. The van der Waals surface area contributed by atoms with E-state index in [0.717, 1.165) is 18.2 Å². The highest BCUT2D eigenvalue weighted by molar-refractivity contribution is 6.32. The van der Waals surface area contributed by atoms with E-state index in [-0.39, 0.29) is 16.5 Å². The molecule has 0 aromatic heterocycles. The molecule has 0 spiro atoms. The standard InChI is InChI=1S/C19H12ClF3O3/c1-3-18(4-2)14-10-12(6-7-13(14)17(24)26-18)25-16-8-5-11(9-15(16)20)19(21,22)23/h3-10H,1-2H2. The van der Waals surface area contributed by atoms with Crippen LogP contribution in [0.4, 0.5) is 13.2 Å². The second kappa shape index (κ2) is 6.21. The summed E-state index contributed by atoms with van der Waals surface area (Å²) >= 11 is 5.90. The van der Waals surface area contributed by atoms with E-state index in [4.69, 9.17) is 21.1 Å². The number of carbonyl (C=O) groups excluding carboxylic acids is 1. The zero-order chi connectivity index (χ0) is 19.1. The molecule has 0 aliphatic carbocycles. The summed E-state index contributed by atoms with van der Waals surface area (Å²) in [6.07, 6.45) is -1.64. The fourth-order valence-corrected chi connectivity index (χ4v) is 2.84. The van der Waals surface area contributed by atoms with Gasteiger partial charge in [-0.3, -0.25) is 0 Å². The van der Waals surface area contributed by atoms with Crippen molar-refractivity contribution in [3.8, 4) is 11.5 Å². The van der Waals surface area contributed by atoms with Gasteiger partial charge in [0.25, 0.3) is 0 Å². The summed E-state index contributed by atoms with van der Waals surface area (Å²) in [5.74, 6) is -0.205. The van der Waals surface area contributed by atoms with E-state index < -0.39 is 23.3 Å². The Bertz CT molecular complexity index is 911. The highest BCUT2D eigenvalue weighted by Gasteiger charge is 2.41. The van der Waals surface area contributed by atoms with Crippen molar-refractivity contribution < 1.29 is 27.4 Å². The van der Waals surface area contributed by atoms with Crippen molar-refractivity contribution in [2.45, 2.75) is 11.8 Å². The Kier molecular flexibility index (Phi) is 4.32. The van der Waals surface area contributed by atoms with Crippen LogP contribution in [0.15, 0.2) is 61.7 Å². The van der Waals surface area contributed by atoms with Crippen LogP contribution in [0.2, 0.25) is 5.02 Å². The molecular formula is C19H12ClF3O3. The number of benzene rings is 2. The Morgan fingerprint density at radius 2 is 1.81 bits per heavy atom. The minimum absolute atomic E-state index is 0.0488. The molecule has 3 rings (SSSR count). The van der Waals surface area contributed by atoms with Gasteiger partial charge in [0.15, 0.2) is 5.60 Å². The summed E-state index contributed by atoms with van der Waals surface area (Å²) in [4.78, 5) is 12.0. The molecule has 0 saturated heterocycles. The normalized spacial score (nSPS) is 15.2. The van der Waals surface area contributed by atoms with Gasteiger partial charge < -0.3 is 9.47 Å². The van der Waals surface area contributed by atoms with Crippen molar-refractivity contribution in [3.05, 3.63) is 83.4 Å². The molecule has 0 saturated carbocycles. The first-order chi connectivity index (χ1) is 12.2. The number of carbonyl (C=O) groups is 1. The van der Waals surface area contributed by atoms with Gasteiger partial charge in [0.05, 0.1) is 16.1 Å². The fraction of sp³-hybridized carbons (Fsp3) is 0.105. The van der Waals surface area contributed by atoms with Gasteiger partial charge >= 0.3 is 12.1 Å². The van der Waals surface area contributed by atoms with E-state index in [1.807, 2.05) is 0 Å². The largest absolute Gasteiger partial charge is 0.456 e. The van der Waals surface area contributed by atoms with E-state index in [1.54, 1.807) is 0 Å². The summed E-state index contributed by atoms with van der Waals surface area (Å²) in [5, 5.41) is -0.189. The van der Waals surface area contributed by atoms with Crippen molar-refractivity contribution in [2.24, 2.45) is 0 Å². The van der Waals surface area contributed by atoms with E-state index >= 15 is 0 Å². The maximum Gasteiger partial charge on any atom is 0.416 e. The first-order valence-corrected chi connectivity index (χ1v) is 7.77. The molecule has 0 N–H and O–H groups in total. The third-order valence-electron chi connectivity index (χ3n) is 3.99. The SMILES string of the molecule is C=CC1(C=C)OC(=O)c2ccc(Oc3ccc(C(F)(F)F)cc3Cl)cc21. The summed E-state index contributed by atoms with van der Waals surface area (Å²) < 4.78 is 49.0. The van der Waals surface area contributed by atoms with Crippen LogP contribution in [0.1, 0.15) is 21.5 Å². The summed E-state index contributed by atoms with van der Waals surface area (Å²) in [5.41, 5.74) is -1.25. The van der Waals surface area contributed by atoms with Crippen molar-refractivity contribution in [2.75, 3.05) is 0 Å². The molecule has 3 nitrogen and oxygen atoms in total. The Morgan fingerprint density at radius 3 is 2.38 bits per heavy atom. The van der Waals surface area contributed by atoms with Crippen molar-refractivity contribution in [1.82, 2.24) is 0 Å². The molecule has 26 heavy (non-hydrogen) atoms. The van der Waals surface area contributed by atoms with E-state index in [2.05, 4.69) is 13.2 Å². The zero-order valence-corrected chi connectivity index (χ0v) is 14.0. The molecule has 0 amide bonds. The topological polar surface area (TPSA) is 35.5 Å². The van der Waals surface area contributed by atoms with E-state index in [9.17, 15) is 18.0 Å². The number of hydrogen-bond acceptors (Lipinski definition) is 3. The lowest BCUT2D eigenvalue weighted by Gasteiger charge is -2.20. The Balaban J connectivity index is 1.97. The Morgan fingerprint density at radius 1 is 1.12 bits per heavy atom. The number of alkyl halides is 3. The lowest BCUT2D eigenvalue weighted by Crippen LogP contribution is -2.19. The van der Waals surface area contributed by atoms with Gasteiger partial charge in [-0.15, -0.1) is 0 Å². The molecule has 2 aromatic rings. The van der Waals surface area contributed by atoms with Crippen LogP contribution in [-0.4, -0.2) is 5.97 Å². The smallest absolute Gasteiger partial charge is 0.416 e. The van der Waals surface area contributed by atoms with Crippen LogP contribution in [0.5, 0.6) is 11.5 Å². The van der Waals surface area contributed by atoms with E-state index in [1.165, 1.54) is 30.4 Å². The maximum absolute atomic E-state index is 12.7. The first-order valence-electron chi connectivity index (χ1n) is 7.40. The minimum atomic E-state index is -4.50.